The molecule has 29 heteroatoms. The molecule has 0 saturated heterocycles. The summed E-state index contributed by atoms with van der Waals surface area (Å²) in [5.41, 5.74) is -2.13. The number of azo groups is 1. The van der Waals surface area contributed by atoms with Gasteiger partial charge < -0.3 is 25.6 Å². The zero-order chi connectivity index (χ0) is 39.7. The molecule has 0 amide bonds. The van der Waals surface area contributed by atoms with E-state index in [0.717, 1.165) is 42.1 Å². The number of hydrogen-bond donors (Lipinski definition) is 8. The molecule has 0 aliphatic heterocycles. The minimum Gasteiger partial charge on any atom is -0.505 e. The molecule has 0 saturated carbocycles. The van der Waals surface area contributed by atoms with E-state index in [1.54, 1.807) is 6.26 Å². The number of thioether (sulfide) groups is 1. The van der Waals surface area contributed by atoms with E-state index in [2.05, 4.69) is 63.4 Å². The van der Waals surface area contributed by atoms with E-state index in [4.69, 9.17) is 27.9 Å². The number of aromatic hydroxyl groups is 1. The van der Waals surface area contributed by atoms with Crippen molar-refractivity contribution in [3.05, 3.63) is 47.0 Å². The number of phenolic OH excluding ortho intramolecular Hbond substituents is 1. The van der Waals surface area contributed by atoms with Gasteiger partial charge in [-0.25, -0.2) is 0 Å². The Hall–Kier alpha value is -4.29. The highest BCUT2D eigenvalue weighted by Gasteiger charge is 2.27. The lowest BCUT2D eigenvalue weighted by Crippen LogP contribution is -2.19. The maximum absolute atomic E-state index is 12.6. The molecule has 0 radical (unpaired) electrons. The number of hydrogen-bond acceptors (Lipinski definition) is 21. The van der Waals surface area contributed by atoms with Gasteiger partial charge in [-0.05, 0) is 71.2 Å². The average molecular weight is 884 g/mol. The van der Waals surface area contributed by atoms with Gasteiger partial charge in [0.05, 0.1) is 16.3 Å². The Labute approximate surface area is 323 Å². The van der Waals surface area contributed by atoms with Crippen molar-refractivity contribution in [2.75, 3.05) is 22.6 Å². The highest BCUT2D eigenvalue weighted by atomic mass is 35.5. The molecule has 0 aliphatic rings. The second-order valence-corrected chi connectivity index (χ2v) is 16.1. The van der Waals surface area contributed by atoms with Crippen LogP contribution >= 0.6 is 47.6 Å². The van der Waals surface area contributed by atoms with Gasteiger partial charge in [0.15, 0.2) is 10.9 Å². The molecule has 5 aromatic rings. The molecule has 22 nitrogen and oxygen atoms in total. The number of phenols is 1. The van der Waals surface area contributed by atoms with Crippen LogP contribution in [0.3, 0.4) is 0 Å². The number of anilines is 4. The first-order chi connectivity index (χ1) is 25.2. The highest BCUT2D eigenvalue weighted by Crippen LogP contribution is 2.46. The Morgan fingerprint density at radius 1 is 0.833 bits per heavy atom. The molecule has 5 rings (SSSR count). The number of ether oxygens (including phenoxy) is 1. The van der Waals surface area contributed by atoms with E-state index >= 15 is 0 Å². The molecule has 1 unspecified atom stereocenters. The van der Waals surface area contributed by atoms with Crippen LogP contribution in [0.25, 0.3) is 10.8 Å². The summed E-state index contributed by atoms with van der Waals surface area (Å²) in [7, 11) is -15.4. The van der Waals surface area contributed by atoms with Gasteiger partial charge in [-0.2, -0.15) is 67.8 Å². The topological polar surface area (TPSA) is 339 Å². The predicted molar refractivity (Wildman–Crippen MR) is 194 cm³/mol. The number of nitrogens with one attached hydrogen (secondary N) is 2. The Morgan fingerprint density at radius 3 is 2.09 bits per heavy atom. The summed E-state index contributed by atoms with van der Waals surface area (Å²) in [5.74, 6) is -1.82. The van der Waals surface area contributed by atoms with Crippen LogP contribution in [0.4, 0.5) is 34.6 Å². The molecule has 0 spiro atoms. The molecular weight excluding hydrogens is 864 g/mol. The quantitative estimate of drug-likeness (QED) is 0.0270. The van der Waals surface area contributed by atoms with Crippen LogP contribution in [0.5, 0.6) is 11.8 Å². The maximum Gasteiger partial charge on any atom is 0.324 e. The Kier molecular flexibility index (Phi) is 12.0. The molecule has 2 heterocycles. The Balaban J connectivity index is 1.70. The summed E-state index contributed by atoms with van der Waals surface area (Å²) >= 11 is 16.8. The number of nitrogens with zero attached hydrogens (tertiary/aromatic N) is 8. The second-order valence-electron chi connectivity index (χ2n) is 10.1. The third kappa shape index (κ3) is 9.68. The molecule has 2 aromatic heterocycles. The first-order valence-corrected chi connectivity index (χ1v) is 20.8. The van der Waals surface area contributed by atoms with Crippen molar-refractivity contribution in [1.29, 1.82) is 0 Å². The fourth-order valence-electron chi connectivity index (χ4n) is 4.32. The number of benzene rings is 3. The first kappa shape index (κ1) is 40.9. The van der Waals surface area contributed by atoms with Crippen molar-refractivity contribution in [2.45, 2.75) is 26.1 Å². The second kappa shape index (κ2) is 15.8. The molecule has 7 N–H and O–H groups in total. The predicted octanol–water partition coefficient (Wildman–Crippen LogP) is 4.21. The van der Waals surface area contributed by atoms with Gasteiger partial charge in [0, 0.05) is 11.1 Å². The van der Waals surface area contributed by atoms with Crippen LogP contribution in [0.1, 0.15) is 0 Å². The van der Waals surface area contributed by atoms with Crippen molar-refractivity contribution in [3.63, 3.8) is 0 Å². The van der Waals surface area contributed by atoms with Gasteiger partial charge in [-0.15, -0.1) is 10.2 Å². The van der Waals surface area contributed by atoms with Crippen LogP contribution in [0.2, 0.25) is 10.6 Å². The van der Waals surface area contributed by atoms with E-state index in [9.17, 15) is 49.1 Å². The summed E-state index contributed by atoms with van der Waals surface area (Å²) in [6.45, 7) is 0. The normalized spacial score (nSPS) is 13.0. The molecule has 0 bridgehead atoms. The number of fused-ring (bicyclic) bond motifs is 1. The van der Waals surface area contributed by atoms with Crippen LogP contribution in [-0.4, -0.2) is 97.3 Å². The van der Waals surface area contributed by atoms with Crippen LogP contribution in [-0.2, 0) is 30.4 Å². The molecular formula is C25H20Cl2N10O12S5. The maximum atomic E-state index is 12.6. The highest BCUT2D eigenvalue weighted by molar-refractivity contribution is 7.98. The largest absolute Gasteiger partial charge is 0.505 e. The Bertz CT molecular complexity index is 2680. The minimum absolute atomic E-state index is 0.0538. The number of aromatic nitrogens is 6. The number of rotatable bonds is 13. The summed E-state index contributed by atoms with van der Waals surface area (Å²) in [5, 5.41) is 32.4. The summed E-state index contributed by atoms with van der Waals surface area (Å²) in [6.07, 6.45) is 0.182. The number of thiol groups is 1. The van der Waals surface area contributed by atoms with Crippen molar-refractivity contribution in [1.82, 2.24) is 29.9 Å². The Morgan fingerprint density at radius 2 is 1.48 bits per heavy atom. The van der Waals surface area contributed by atoms with E-state index in [0.29, 0.717) is 6.07 Å². The monoisotopic (exact) mass is 882 g/mol. The van der Waals surface area contributed by atoms with Crippen LogP contribution in [0, 0.1) is 0 Å². The van der Waals surface area contributed by atoms with Crippen molar-refractivity contribution in [2.24, 2.45) is 10.2 Å². The van der Waals surface area contributed by atoms with E-state index < -0.39 is 90.5 Å². The number of aliphatic hydroxyl groups is 1. The van der Waals surface area contributed by atoms with Gasteiger partial charge in [-0.1, -0.05) is 11.8 Å². The lowest BCUT2D eigenvalue weighted by molar-refractivity contribution is -0.00301. The zero-order valence-corrected chi connectivity index (χ0v) is 31.9. The van der Waals surface area contributed by atoms with Crippen LogP contribution < -0.4 is 15.4 Å². The van der Waals surface area contributed by atoms with E-state index in [1.807, 2.05) is 0 Å². The molecule has 1 atom stereocenters. The summed E-state index contributed by atoms with van der Waals surface area (Å²) in [4.78, 5) is 20.4. The first-order valence-electron chi connectivity index (χ1n) is 13.8. The standard InChI is InChI=1S/C25H20Cl2N10O12S5/c1-51-25-33-21(27)31-23(35-25)29-13-7-11(52(40,41)42)4-9-5-15(54(46,47)48)18(19(39)17(9)13)37-36-12-6-10(2-3-14(12)53(43,44)45)28-22-30-20(26)32-24(34-22)49-16(38)8-50/h2-7,16,38-39,50H,8H2,1H3,(H,40,41,42)(H,43,44,45)(H,46,47,48)(H,28,30,32,34)(H,29,31,33,35). The molecule has 54 heavy (non-hydrogen) atoms. The van der Waals surface area contributed by atoms with E-state index in [-0.39, 0.29) is 39.5 Å². The summed E-state index contributed by atoms with van der Waals surface area (Å²) < 4.78 is 109. The van der Waals surface area contributed by atoms with Gasteiger partial charge in [0.1, 0.15) is 21.2 Å². The molecule has 0 aliphatic carbocycles. The number of halogens is 2. The smallest absolute Gasteiger partial charge is 0.324 e. The van der Waals surface area contributed by atoms with Crippen molar-refractivity contribution in [3.8, 4) is 11.8 Å². The lowest BCUT2D eigenvalue weighted by Gasteiger charge is -2.15. The van der Waals surface area contributed by atoms with E-state index in [1.165, 1.54) is 0 Å². The SMILES string of the molecule is CSc1nc(Cl)nc(Nc2cc(S(=O)(=O)O)cc3cc(S(=O)(=O)O)c(N=Nc4cc(Nc5nc(Cl)nc(OC(O)CS)n5)ccc4S(=O)(=O)O)c(O)c23)n1. The zero-order valence-electron chi connectivity index (χ0n) is 26.3. The minimum atomic E-state index is -5.34. The summed E-state index contributed by atoms with van der Waals surface area (Å²) in [6, 6.07) is 4.73. The average Bonchev–Trinajstić information content (AvgIpc) is 3.05. The number of aliphatic hydroxyl groups excluding tert-OH is 1. The van der Waals surface area contributed by atoms with Gasteiger partial charge in [-0.3, -0.25) is 13.7 Å². The van der Waals surface area contributed by atoms with Gasteiger partial charge in [0.2, 0.25) is 28.8 Å². The third-order valence-electron chi connectivity index (χ3n) is 6.45. The van der Waals surface area contributed by atoms with Gasteiger partial charge >= 0.3 is 6.01 Å². The third-order valence-corrected chi connectivity index (χ3v) is 10.2. The van der Waals surface area contributed by atoms with Crippen LogP contribution in [0.15, 0.2) is 66.5 Å². The molecule has 3 aromatic carbocycles. The lowest BCUT2D eigenvalue weighted by atomic mass is 10.1. The van der Waals surface area contributed by atoms with Crippen molar-refractivity contribution < 1.29 is 53.9 Å². The fourth-order valence-corrected chi connectivity index (χ4v) is 6.92. The fraction of sp³-hybridized carbons (Fsp3) is 0.120. The van der Waals surface area contributed by atoms with Gasteiger partial charge in [0.25, 0.3) is 30.4 Å². The molecule has 0 fully saturated rings. The van der Waals surface area contributed by atoms with Crippen molar-refractivity contribution >= 4 is 123 Å². The molecule has 286 valence electrons.